The van der Waals surface area contributed by atoms with Crippen molar-refractivity contribution in [2.45, 2.75) is 33.2 Å². The smallest absolute Gasteiger partial charge is 0.330 e. The monoisotopic (exact) mass is 236 g/mol. The highest BCUT2D eigenvalue weighted by molar-refractivity contribution is 5.67. The van der Waals surface area contributed by atoms with Crippen LogP contribution in [0.1, 0.15) is 33.2 Å². The topological polar surface area (TPSA) is 83.5 Å². The van der Waals surface area contributed by atoms with Crippen molar-refractivity contribution in [2.75, 3.05) is 0 Å². The molecule has 0 aliphatic heterocycles. The maximum atomic E-state index is 12.1. The molecule has 0 saturated heterocycles. The molecule has 92 valence electrons. The molecule has 2 heterocycles. The molecule has 2 N–H and O–H groups in total. The molecule has 2 aromatic rings. The minimum atomic E-state index is -0.400. The van der Waals surface area contributed by atoms with Gasteiger partial charge < -0.3 is 4.98 Å². The van der Waals surface area contributed by atoms with Gasteiger partial charge in [-0.25, -0.2) is 9.78 Å². The lowest BCUT2D eigenvalue weighted by Crippen LogP contribution is -2.37. The fraction of sp³-hybridized carbons (Fsp3) is 0.545. The van der Waals surface area contributed by atoms with Crippen molar-refractivity contribution in [1.29, 1.82) is 0 Å². The molecule has 17 heavy (non-hydrogen) atoms. The van der Waals surface area contributed by atoms with E-state index in [2.05, 4.69) is 28.8 Å². The third-order valence-corrected chi connectivity index (χ3v) is 2.77. The van der Waals surface area contributed by atoms with Crippen LogP contribution in [-0.2, 0) is 0 Å². The molecule has 0 aliphatic rings. The first-order chi connectivity index (χ1) is 8.00. The molecule has 0 spiro atoms. The number of H-pyrrole nitrogens is 2. The summed E-state index contributed by atoms with van der Waals surface area (Å²) in [6.45, 7) is 5.99. The fourth-order valence-electron chi connectivity index (χ4n) is 2.11. The van der Waals surface area contributed by atoms with Gasteiger partial charge in [-0.1, -0.05) is 13.8 Å². The second kappa shape index (κ2) is 4.20. The number of imidazole rings is 1. The van der Waals surface area contributed by atoms with Gasteiger partial charge >= 0.3 is 5.69 Å². The Balaban J connectivity index is 2.60. The molecule has 0 fully saturated rings. The van der Waals surface area contributed by atoms with Crippen LogP contribution in [0, 0.1) is 5.92 Å². The zero-order valence-electron chi connectivity index (χ0n) is 10.2. The Labute approximate surface area is 97.7 Å². The van der Waals surface area contributed by atoms with E-state index < -0.39 is 5.69 Å². The van der Waals surface area contributed by atoms with Crippen LogP contribution in [0.25, 0.3) is 11.2 Å². The van der Waals surface area contributed by atoms with Crippen LogP contribution in [0.3, 0.4) is 0 Å². The van der Waals surface area contributed by atoms with Crippen LogP contribution in [0.4, 0.5) is 0 Å². The van der Waals surface area contributed by atoms with Gasteiger partial charge in [-0.15, -0.1) is 0 Å². The molecule has 2 rings (SSSR count). The predicted octanol–water partition coefficient (Wildman–Crippen LogP) is 1.02. The lowest BCUT2D eigenvalue weighted by atomic mass is 10.1. The molecule has 0 radical (unpaired) electrons. The number of nitrogens with zero attached hydrogens (tertiary/aromatic N) is 2. The molecule has 2 aromatic heterocycles. The second-order valence-corrected chi connectivity index (χ2v) is 4.71. The van der Waals surface area contributed by atoms with E-state index in [1.165, 1.54) is 10.9 Å². The van der Waals surface area contributed by atoms with Crippen molar-refractivity contribution in [3.05, 3.63) is 27.2 Å². The molecule has 0 saturated carbocycles. The zero-order chi connectivity index (χ0) is 12.6. The van der Waals surface area contributed by atoms with Crippen LogP contribution in [-0.4, -0.2) is 19.5 Å². The number of aromatic nitrogens is 4. The van der Waals surface area contributed by atoms with Gasteiger partial charge in [0.1, 0.15) is 5.52 Å². The Hall–Kier alpha value is -1.85. The van der Waals surface area contributed by atoms with Crippen molar-refractivity contribution in [3.8, 4) is 0 Å². The van der Waals surface area contributed by atoms with E-state index in [1.807, 2.05) is 6.92 Å². The van der Waals surface area contributed by atoms with E-state index in [0.717, 1.165) is 6.42 Å². The first-order valence-electron chi connectivity index (χ1n) is 5.68. The number of fused-ring (bicyclic) bond motifs is 1. The minimum absolute atomic E-state index is 0.126. The highest BCUT2D eigenvalue weighted by atomic mass is 16.2. The van der Waals surface area contributed by atoms with Gasteiger partial charge in [0, 0.05) is 6.04 Å². The first kappa shape index (κ1) is 11.6. The first-order valence-corrected chi connectivity index (χ1v) is 5.68. The summed E-state index contributed by atoms with van der Waals surface area (Å²) in [6.07, 6.45) is 2.18. The van der Waals surface area contributed by atoms with E-state index in [9.17, 15) is 9.59 Å². The Morgan fingerprint density at radius 3 is 2.71 bits per heavy atom. The van der Waals surface area contributed by atoms with Gasteiger partial charge in [0.15, 0.2) is 5.65 Å². The average molecular weight is 236 g/mol. The fourth-order valence-corrected chi connectivity index (χ4v) is 2.11. The molecular formula is C11H16N4O2. The van der Waals surface area contributed by atoms with Gasteiger partial charge in [0.05, 0.1) is 6.33 Å². The van der Waals surface area contributed by atoms with Crippen LogP contribution in [0.15, 0.2) is 15.9 Å². The number of hydrogen-bond acceptors (Lipinski definition) is 3. The Morgan fingerprint density at radius 2 is 2.06 bits per heavy atom. The SMILES string of the molecule is CC(C)CC(C)n1c(=O)[nH]c2nc[nH]c2c1=O. The number of aromatic amines is 2. The lowest BCUT2D eigenvalue weighted by molar-refractivity contribution is 0.408. The molecule has 0 amide bonds. The average Bonchev–Trinajstić information content (AvgIpc) is 2.64. The van der Waals surface area contributed by atoms with E-state index in [-0.39, 0.29) is 11.6 Å². The van der Waals surface area contributed by atoms with Gasteiger partial charge in [0.2, 0.25) is 0 Å². The molecule has 6 heteroatoms. The highest BCUT2D eigenvalue weighted by Crippen LogP contribution is 2.13. The number of rotatable bonds is 3. The quantitative estimate of drug-likeness (QED) is 0.834. The summed E-state index contributed by atoms with van der Waals surface area (Å²) < 4.78 is 1.25. The third-order valence-electron chi connectivity index (χ3n) is 2.77. The summed E-state index contributed by atoms with van der Waals surface area (Å²) in [4.78, 5) is 33.2. The van der Waals surface area contributed by atoms with Crippen LogP contribution in [0.2, 0.25) is 0 Å². The van der Waals surface area contributed by atoms with Gasteiger partial charge in [-0.2, -0.15) is 0 Å². The van der Waals surface area contributed by atoms with Crippen molar-refractivity contribution in [3.63, 3.8) is 0 Å². The molecule has 1 atom stereocenters. The summed E-state index contributed by atoms with van der Waals surface area (Å²) in [5.74, 6) is 0.425. The third kappa shape index (κ3) is 2.02. The van der Waals surface area contributed by atoms with E-state index >= 15 is 0 Å². The maximum absolute atomic E-state index is 12.1. The number of nitrogens with one attached hydrogen (secondary N) is 2. The predicted molar refractivity (Wildman–Crippen MR) is 65.1 cm³/mol. The largest absolute Gasteiger partial charge is 0.339 e. The van der Waals surface area contributed by atoms with Gasteiger partial charge in [-0.05, 0) is 19.3 Å². The summed E-state index contributed by atoms with van der Waals surface area (Å²) >= 11 is 0. The molecule has 0 aromatic carbocycles. The summed E-state index contributed by atoms with van der Waals surface area (Å²) in [7, 11) is 0. The van der Waals surface area contributed by atoms with Crippen molar-refractivity contribution in [2.24, 2.45) is 5.92 Å². The van der Waals surface area contributed by atoms with Crippen molar-refractivity contribution < 1.29 is 0 Å². The van der Waals surface area contributed by atoms with Crippen LogP contribution < -0.4 is 11.2 Å². The molecule has 0 aliphatic carbocycles. The van der Waals surface area contributed by atoms with E-state index in [0.29, 0.717) is 17.1 Å². The Morgan fingerprint density at radius 1 is 1.35 bits per heavy atom. The van der Waals surface area contributed by atoms with E-state index in [4.69, 9.17) is 0 Å². The van der Waals surface area contributed by atoms with Gasteiger partial charge in [-0.3, -0.25) is 14.3 Å². The minimum Gasteiger partial charge on any atom is -0.339 e. The number of hydrogen-bond donors (Lipinski definition) is 2. The van der Waals surface area contributed by atoms with Crippen LogP contribution >= 0.6 is 0 Å². The summed E-state index contributed by atoms with van der Waals surface area (Å²) in [5.41, 5.74) is -0.0506. The molecular weight excluding hydrogens is 220 g/mol. The Kier molecular flexibility index (Phi) is 2.87. The van der Waals surface area contributed by atoms with Gasteiger partial charge in [0.25, 0.3) is 5.56 Å². The second-order valence-electron chi connectivity index (χ2n) is 4.71. The van der Waals surface area contributed by atoms with Crippen LogP contribution in [0.5, 0.6) is 0 Å². The highest BCUT2D eigenvalue weighted by Gasteiger charge is 2.15. The standard InChI is InChI=1S/C11H16N4O2/c1-6(2)4-7(3)15-10(16)8-9(13-5-12-8)14-11(15)17/h5-7H,4H2,1-3H3,(H,12,13)(H,14,17). The molecule has 1 unspecified atom stereocenters. The zero-order valence-corrected chi connectivity index (χ0v) is 10.2. The van der Waals surface area contributed by atoms with Crippen molar-refractivity contribution >= 4 is 11.2 Å². The maximum Gasteiger partial charge on any atom is 0.330 e. The van der Waals surface area contributed by atoms with Crippen molar-refractivity contribution in [1.82, 2.24) is 19.5 Å². The summed E-state index contributed by atoms with van der Waals surface area (Å²) in [6, 6.07) is -0.126. The summed E-state index contributed by atoms with van der Waals surface area (Å²) in [5, 5.41) is 0. The molecule has 0 bridgehead atoms. The van der Waals surface area contributed by atoms with E-state index in [1.54, 1.807) is 0 Å². The lowest BCUT2D eigenvalue weighted by Gasteiger charge is -2.15. The molecule has 6 nitrogen and oxygen atoms in total. The normalized spacial score (nSPS) is 13.4. The Bertz CT molecular complexity index is 635.